The number of alkyl halides is 1. The fourth-order valence-electron chi connectivity index (χ4n) is 1.09. The maximum absolute atomic E-state index is 12.9. The highest BCUT2D eigenvalue weighted by molar-refractivity contribution is 7.97. The highest BCUT2D eigenvalue weighted by atomic mass is 32.2. The Bertz CT molecular complexity index is 123. The van der Waals surface area contributed by atoms with Crippen LogP contribution in [-0.2, 0) is 4.74 Å². The number of hydrogen-bond acceptors (Lipinski definition) is 3. The lowest BCUT2D eigenvalue weighted by Crippen LogP contribution is -2.30. The van der Waals surface area contributed by atoms with E-state index in [0.29, 0.717) is 6.61 Å². The monoisotopic (exact) mass is 179 g/mol. The van der Waals surface area contributed by atoms with Gasteiger partial charge in [-0.2, -0.15) is 0 Å². The summed E-state index contributed by atoms with van der Waals surface area (Å²) in [5.74, 6) is 0. The fourth-order valence-corrected chi connectivity index (χ4v) is 2.08. The average molecular weight is 179 g/mol. The van der Waals surface area contributed by atoms with Gasteiger partial charge in [0.2, 0.25) is 6.36 Å². The molecule has 0 bridgehead atoms. The van der Waals surface area contributed by atoms with Crippen molar-refractivity contribution in [1.82, 2.24) is 4.31 Å². The summed E-state index contributed by atoms with van der Waals surface area (Å²) in [4.78, 5) is 0. The van der Waals surface area contributed by atoms with Gasteiger partial charge in [-0.1, -0.05) is 11.9 Å². The van der Waals surface area contributed by atoms with E-state index in [1.165, 1.54) is 11.9 Å². The van der Waals surface area contributed by atoms with Crippen LogP contribution in [0.5, 0.6) is 0 Å². The van der Waals surface area contributed by atoms with Crippen molar-refractivity contribution in [2.45, 2.75) is 24.4 Å². The Morgan fingerprint density at radius 1 is 1.55 bits per heavy atom. The number of halogens is 1. The van der Waals surface area contributed by atoms with Crippen LogP contribution in [0.1, 0.15) is 12.8 Å². The normalized spacial score (nSPS) is 32.7. The molecule has 1 fully saturated rings. The van der Waals surface area contributed by atoms with E-state index in [-0.39, 0.29) is 5.25 Å². The zero-order valence-electron chi connectivity index (χ0n) is 6.92. The van der Waals surface area contributed by atoms with Crippen molar-refractivity contribution in [2.75, 3.05) is 20.7 Å². The molecular formula is C7H14FNOS. The van der Waals surface area contributed by atoms with Crippen LogP contribution in [0.15, 0.2) is 0 Å². The lowest BCUT2D eigenvalue weighted by atomic mass is 10.2. The molecule has 0 aliphatic carbocycles. The Kier molecular flexibility index (Phi) is 3.62. The molecule has 0 saturated carbocycles. The molecule has 0 aromatic carbocycles. The third-order valence-corrected chi connectivity index (χ3v) is 2.69. The third kappa shape index (κ3) is 2.97. The van der Waals surface area contributed by atoms with Crippen molar-refractivity contribution >= 4 is 11.9 Å². The van der Waals surface area contributed by atoms with Gasteiger partial charge in [-0.15, -0.1) is 0 Å². The minimum atomic E-state index is -1.07. The van der Waals surface area contributed by atoms with Crippen LogP contribution in [-0.4, -0.2) is 36.6 Å². The molecule has 11 heavy (non-hydrogen) atoms. The van der Waals surface area contributed by atoms with E-state index in [1.807, 2.05) is 18.4 Å². The molecule has 0 spiro atoms. The maximum Gasteiger partial charge on any atom is 0.212 e. The molecular weight excluding hydrogens is 165 g/mol. The van der Waals surface area contributed by atoms with Gasteiger partial charge in [-0.3, -0.25) is 4.31 Å². The van der Waals surface area contributed by atoms with Gasteiger partial charge in [0.15, 0.2) is 0 Å². The molecule has 1 heterocycles. The molecule has 1 saturated heterocycles. The first-order valence-corrected chi connectivity index (χ1v) is 4.63. The molecule has 0 amide bonds. The highest BCUT2D eigenvalue weighted by Gasteiger charge is 2.26. The summed E-state index contributed by atoms with van der Waals surface area (Å²) < 4.78 is 19.7. The Labute approximate surface area is 71.2 Å². The first-order chi connectivity index (χ1) is 5.20. The summed E-state index contributed by atoms with van der Waals surface area (Å²) in [5, 5.41) is -0.00116. The molecule has 0 radical (unpaired) electrons. The van der Waals surface area contributed by atoms with Gasteiger partial charge in [0.25, 0.3) is 0 Å². The van der Waals surface area contributed by atoms with Gasteiger partial charge in [0.05, 0.1) is 11.9 Å². The second-order valence-corrected chi connectivity index (χ2v) is 4.37. The predicted octanol–water partition coefficient (Wildman–Crippen LogP) is 1.67. The van der Waals surface area contributed by atoms with E-state index < -0.39 is 6.36 Å². The van der Waals surface area contributed by atoms with Crippen LogP contribution < -0.4 is 0 Å². The van der Waals surface area contributed by atoms with Crippen LogP contribution in [0, 0.1) is 0 Å². The third-order valence-electron chi connectivity index (χ3n) is 1.55. The van der Waals surface area contributed by atoms with E-state index in [0.717, 1.165) is 12.8 Å². The second kappa shape index (κ2) is 4.28. The van der Waals surface area contributed by atoms with E-state index >= 15 is 0 Å². The lowest BCUT2D eigenvalue weighted by Gasteiger charge is -2.27. The minimum Gasteiger partial charge on any atom is -0.347 e. The van der Waals surface area contributed by atoms with Gasteiger partial charge in [0.1, 0.15) is 0 Å². The molecule has 0 aromatic rings. The van der Waals surface area contributed by atoms with Crippen LogP contribution >= 0.6 is 11.9 Å². The van der Waals surface area contributed by atoms with Crippen LogP contribution in [0.25, 0.3) is 0 Å². The minimum absolute atomic E-state index is 0.00116. The van der Waals surface area contributed by atoms with Crippen molar-refractivity contribution in [3.8, 4) is 0 Å². The topological polar surface area (TPSA) is 12.5 Å². The predicted molar refractivity (Wildman–Crippen MR) is 45.1 cm³/mol. The molecule has 2 atom stereocenters. The molecule has 0 aromatic heterocycles. The Morgan fingerprint density at radius 2 is 2.27 bits per heavy atom. The van der Waals surface area contributed by atoms with Crippen molar-refractivity contribution in [3.63, 3.8) is 0 Å². The standard InChI is InChI=1S/C7H14FNOS/c1-9(2)11-6-4-3-5-10-7(6)8/h6-7H,3-5H2,1-2H3/t6-,7+/m0/s1. The van der Waals surface area contributed by atoms with E-state index in [4.69, 9.17) is 4.74 Å². The molecule has 0 N–H and O–H groups in total. The summed E-state index contributed by atoms with van der Waals surface area (Å²) in [6.45, 7) is 0.575. The van der Waals surface area contributed by atoms with Gasteiger partial charge < -0.3 is 4.74 Å². The summed E-state index contributed by atoms with van der Waals surface area (Å²) >= 11 is 1.52. The molecule has 1 rings (SSSR count). The molecule has 1 aliphatic heterocycles. The van der Waals surface area contributed by atoms with Crippen molar-refractivity contribution in [1.29, 1.82) is 0 Å². The lowest BCUT2D eigenvalue weighted by molar-refractivity contribution is -0.0631. The van der Waals surface area contributed by atoms with E-state index in [9.17, 15) is 4.39 Å². The zero-order chi connectivity index (χ0) is 8.27. The number of hydrogen-bond donors (Lipinski definition) is 0. The van der Waals surface area contributed by atoms with Gasteiger partial charge in [-0.25, -0.2) is 4.39 Å². The number of ether oxygens (including phenoxy) is 1. The number of rotatable bonds is 2. The second-order valence-electron chi connectivity index (χ2n) is 2.82. The first-order valence-electron chi connectivity index (χ1n) is 3.80. The van der Waals surface area contributed by atoms with E-state index in [2.05, 4.69) is 0 Å². The Balaban J connectivity index is 2.29. The Hall–Kier alpha value is 0.200. The maximum atomic E-state index is 12.9. The van der Waals surface area contributed by atoms with Gasteiger partial charge in [0, 0.05) is 0 Å². The van der Waals surface area contributed by atoms with Crippen molar-refractivity contribution in [2.24, 2.45) is 0 Å². The summed E-state index contributed by atoms with van der Waals surface area (Å²) in [6.07, 6.45) is 0.826. The summed E-state index contributed by atoms with van der Waals surface area (Å²) in [6, 6.07) is 0. The average Bonchev–Trinajstić information content (AvgIpc) is 1.93. The van der Waals surface area contributed by atoms with E-state index in [1.54, 1.807) is 0 Å². The SMILES string of the molecule is CN(C)S[C@H]1CCCO[C@H]1F. The van der Waals surface area contributed by atoms with Gasteiger partial charge in [-0.05, 0) is 26.9 Å². The quantitative estimate of drug-likeness (QED) is 0.598. The van der Waals surface area contributed by atoms with Crippen molar-refractivity contribution in [3.05, 3.63) is 0 Å². The zero-order valence-corrected chi connectivity index (χ0v) is 7.73. The molecule has 1 aliphatic rings. The molecule has 0 unspecified atom stereocenters. The van der Waals surface area contributed by atoms with Crippen LogP contribution in [0.2, 0.25) is 0 Å². The largest absolute Gasteiger partial charge is 0.347 e. The van der Waals surface area contributed by atoms with Gasteiger partial charge >= 0.3 is 0 Å². The summed E-state index contributed by atoms with van der Waals surface area (Å²) in [5.41, 5.74) is 0. The summed E-state index contributed by atoms with van der Waals surface area (Å²) in [7, 11) is 3.85. The highest BCUT2D eigenvalue weighted by Crippen LogP contribution is 2.27. The fraction of sp³-hybridized carbons (Fsp3) is 1.00. The van der Waals surface area contributed by atoms with Crippen molar-refractivity contribution < 1.29 is 9.13 Å². The Morgan fingerprint density at radius 3 is 2.82 bits per heavy atom. The first kappa shape index (κ1) is 9.29. The molecule has 2 nitrogen and oxygen atoms in total. The smallest absolute Gasteiger partial charge is 0.212 e. The molecule has 4 heteroatoms. The van der Waals surface area contributed by atoms with Crippen LogP contribution in [0.3, 0.4) is 0 Å². The molecule has 66 valence electrons. The number of nitrogens with zero attached hydrogens (tertiary/aromatic N) is 1. The van der Waals surface area contributed by atoms with Crippen LogP contribution in [0.4, 0.5) is 4.39 Å².